The summed E-state index contributed by atoms with van der Waals surface area (Å²) in [6.45, 7) is 4.77. The highest BCUT2D eigenvalue weighted by Gasteiger charge is 2.12. The molecule has 0 unspecified atom stereocenters. The maximum atomic E-state index is 7.80. The van der Waals surface area contributed by atoms with E-state index < -0.39 is 0 Å². The van der Waals surface area contributed by atoms with Crippen LogP contribution in [0.1, 0.15) is 25.3 Å². The molecule has 1 aliphatic rings. The van der Waals surface area contributed by atoms with Gasteiger partial charge < -0.3 is 9.64 Å². The molecule has 1 aliphatic heterocycles. The second-order valence-electron chi connectivity index (χ2n) is 5.58. The molecule has 0 amide bonds. The van der Waals surface area contributed by atoms with E-state index in [1.165, 1.54) is 42.7 Å². The standard InChI is InChI=1S/C19H22N2O/c1-2-22-19(20)17-7-5-15(6-8-17)16-9-11-18(12-10-16)21-13-3-4-14-21/h5-12,20H,2-4,13-14H2,1H3. The minimum Gasteiger partial charge on any atom is -0.478 e. The summed E-state index contributed by atoms with van der Waals surface area (Å²) in [5, 5.41) is 7.80. The Hall–Kier alpha value is -2.29. The number of anilines is 1. The van der Waals surface area contributed by atoms with Crippen molar-refractivity contribution in [2.75, 3.05) is 24.6 Å². The van der Waals surface area contributed by atoms with Gasteiger partial charge in [-0.15, -0.1) is 0 Å². The molecule has 2 aromatic rings. The van der Waals surface area contributed by atoms with Crippen molar-refractivity contribution < 1.29 is 4.74 Å². The van der Waals surface area contributed by atoms with Crippen LogP contribution >= 0.6 is 0 Å². The summed E-state index contributed by atoms with van der Waals surface area (Å²) in [5.41, 5.74) is 4.51. The number of ether oxygens (including phenoxy) is 1. The van der Waals surface area contributed by atoms with E-state index in [2.05, 4.69) is 29.2 Å². The molecule has 3 rings (SSSR count). The normalized spacial score (nSPS) is 14.1. The van der Waals surface area contributed by atoms with Crippen LogP contribution in [0.5, 0.6) is 0 Å². The maximum Gasteiger partial charge on any atom is 0.213 e. The van der Waals surface area contributed by atoms with Crippen molar-refractivity contribution in [1.82, 2.24) is 0 Å². The fraction of sp³-hybridized carbons (Fsp3) is 0.316. The molecule has 1 N–H and O–H groups in total. The number of hydrogen-bond donors (Lipinski definition) is 1. The molecule has 0 aliphatic carbocycles. The Kier molecular flexibility index (Phi) is 4.42. The van der Waals surface area contributed by atoms with Gasteiger partial charge in [0.25, 0.3) is 0 Å². The summed E-state index contributed by atoms with van der Waals surface area (Å²) in [7, 11) is 0. The molecule has 22 heavy (non-hydrogen) atoms. The second-order valence-corrected chi connectivity index (χ2v) is 5.58. The Morgan fingerprint density at radius 3 is 2.05 bits per heavy atom. The molecule has 2 aromatic carbocycles. The van der Waals surface area contributed by atoms with Crippen LogP contribution in [0.15, 0.2) is 48.5 Å². The van der Waals surface area contributed by atoms with E-state index in [1.54, 1.807) is 0 Å². The molecule has 1 heterocycles. The van der Waals surface area contributed by atoms with Crippen LogP contribution in [0.25, 0.3) is 11.1 Å². The van der Waals surface area contributed by atoms with E-state index in [-0.39, 0.29) is 5.90 Å². The largest absolute Gasteiger partial charge is 0.478 e. The van der Waals surface area contributed by atoms with Gasteiger partial charge in [-0.3, -0.25) is 5.41 Å². The zero-order valence-electron chi connectivity index (χ0n) is 13.0. The Labute approximate surface area is 132 Å². The van der Waals surface area contributed by atoms with Crippen LogP contribution in [0.4, 0.5) is 5.69 Å². The van der Waals surface area contributed by atoms with Crippen molar-refractivity contribution >= 4 is 11.6 Å². The summed E-state index contributed by atoms with van der Waals surface area (Å²) in [6.07, 6.45) is 2.60. The van der Waals surface area contributed by atoms with Crippen molar-refractivity contribution in [3.05, 3.63) is 54.1 Å². The maximum absolute atomic E-state index is 7.80. The molecule has 0 spiro atoms. The predicted molar refractivity (Wildman–Crippen MR) is 91.8 cm³/mol. The van der Waals surface area contributed by atoms with E-state index in [0.29, 0.717) is 6.61 Å². The van der Waals surface area contributed by atoms with Gasteiger partial charge in [-0.25, -0.2) is 0 Å². The first kappa shape index (κ1) is 14.6. The number of rotatable bonds is 4. The van der Waals surface area contributed by atoms with Gasteiger partial charge in [0.1, 0.15) is 0 Å². The van der Waals surface area contributed by atoms with Gasteiger partial charge in [0, 0.05) is 24.3 Å². The molecule has 114 valence electrons. The van der Waals surface area contributed by atoms with Gasteiger partial charge >= 0.3 is 0 Å². The quantitative estimate of drug-likeness (QED) is 0.673. The Bertz CT molecular complexity index is 625. The first-order valence-electron chi connectivity index (χ1n) is 7.95. The van der Waals surface area contributed by atoms with Crippen molar-refractivity contribution in [2.24, 2.45) is 0 Å². The lowest BCUT2D eigenvalue weighted by Gasteiger charge is -2.17. The molecule has 1 fully saturated rings. The first-order valence-corrected chi connectivity index (χ1v) is 7.95. The SMILES string of the molecule is CCOC(=N)c1ccc(-c2ccc(N3CCCC3)cc2)cc1. The molecular formula is C19H22N2O. The summed E-state index contributed by atoms with van der Waals surface area (Å²) in [5.74, 6) is 0.235. The van der Waals surface area contributed by atoms with E-state index in [9.17, 15) is 0 Å². The average molecular weight is 294 g/mol. The Balaban J connectivity index is 1.74. The van der Waals surface area contributed by atoms with Crippen molar-refractivity contribution in [1.29, 1.82) is 5.41 Å². The molecule has 1 saturated heterocycles. The Morgan fingerprint density at radius 1 is 0.955 bits per heavy atom. The van der Waals surface area contributed by atoms with Crippen LogP contribution in [0.2, 0.25) is 0 Å². The fourth-order valence-corrected chi connectivity index (χ4v) is 2.88. The molecule has 0 saturated carbocycles. The molecule has 3 heteroatoms. The van der Waals surface area contributed by atoms with Crippen LogP contribution in [0.3, 0.4) is 0 Å². The van der Waals surface area contributed by atoms with Gasteiger partial charge in [-0.1, -0.05) is 24.3 Å². The highest BCUT2D eigenvalue weighted by atomic mass is 16.5. The minimum atomic E-state index is 0.235. The van der Waals surface area contributed by atoms with Crippen LogP contribution in [-0.2, 0) is 4.74 Å². The van der Waals surface area contributed by atoms with E-state index >= 15 is 0 Å². The zero-order chi connectivity index (χ0) is 15.4. The van der Waals surface area contributed by atoms with Gasteiger partial charge in [0.15, 0.2) is 0 Å². The molecule has 0 radical (unpaired) electrons. The van der Waals surface area contributed by atoms with E-state index in [4.69, 9.17) is 10.1 Å². The highest BCUT2D eigenvalue weighted by molar-refractivity contribution is 5.92. The summed E-state index contributed by atoms with van der Waals surface area (Å²) in [6, 6.07) is 16.8. The van der Waals surface area contributed by atoms with E-state index in [1.807, 2.05) is 31.2 Å². The molecule has 0 aromatic heterocycles. The second kappa shape index (κ2) is 6.65. The third-order valence-electron chi connectivity index (χ3n) is 4.11. The van der Waals surface area contributed by atoms with Gasteiger partial charge in [0.05, 0.1) is 6.61 Å². The monoisotopic (exact) mass is 294 g/mol. The number of benzene rings is 2. The van der Waals surface area contributed by atoms with E-state index in [0.717, 1.165) is 5.56 Å². The molecular weight excluding hydrogens is 272 g/mol. The summed E-state index contributed by atoms with van der Waals surface area (Å²) in [4.78, 5) is 2.44. The van der Waals surface area contributed by atoms with Crippen molar-refractivity contribution in [3.63, 3.8) is 0 Å². The lowest BCUT2D eigenvalue weighted by atomic mass is 10.0. The molecule has 3 nitrogen and oxygen atoms in total. The third-order valence-corrected chi connectivity index (χ3v) is 4.11. The van der Waals surface area contributed by atoms with Crippen molar-refractivity contribution in [2.45, 2.75) is 19.8 Å². The third kappa shape index (κ3) is 3.14. The van der Waals surface area contributed by atoms with Gasteiger partial charge in [0.2, 0.25) is 5.90 Å². The predicted octanol–water partition coefficient (Wildman–Crippen LogP) is 4.32. The number of nitrogens with zero attached hydrogens (tertiary/aromatic N) is 1. The zero-order valence-corrected chi connectivity index (χ0v) is 13.0. The average Bonchev–Trinajstić information content (AvgIpc) is 3.10. The minimum absolute atomic E-state index is 0.235. The van der Waals surface area contributed by atoms with Crippen LogP contribution in [-0.4, -0.2) is 25.6 Å². The lowest BCUT2D eigenvalue weighted by Crippen LogP contribution is -2.17. The number of nitrogens with one attached hydrogen (secondary N) is 1. The molecule has 0 bridgehead atoms. The lowest BCUT2D eigenvalue weighted by molar-refractivity contribution is 0.325. The Morgan fingerprint density at radius 2 is 1.50 bits per heavy atom. The van der Waals surface area contributed by atoms with Crippen LogP contribution in [0, 0.1) is 5.41 Å². The highest BCUT2D eigenvalue weighted by Crippen LogP contribution is 2.25. The smallest absolute Gasteiger partial charge is 0.213 e. The molecule has 0 atom stereocenters. The topological polar surface area (TPSA) is 36.3 Å². The summed E-state index contributed by atoms with van der Waals surface area (Å²) < 4.78 is 5.22. The van der Waals surface area contributed by atoms with Gasteiger partial charge in [-0.05, 0) is 55.2 Å². The van der Waals surface area contributed by atoms with Crippen molar-refractivity contribution in [3.8, 4) is 11.1 Å². The summed E-state index contributed by atoms with van der Waals surface area (Å²) >= 11 is 0. The fourth-order valence-electron chi connectivity index (χ4n) is 2.88. The number of hydrogen-bond acceptors (Lipinski definition) is 3. The first-order chi connectivity index (χ1) is 10.8. The van der Waals surface area contributed by atoms with Gasteiger partial charge in [-0.2, -0.15) is 0 Å². The van der Waals surface area contributed by atoms with Crippen LogP contribution < -0.4 is 4.90 Å².